The summed E-state index contributed by atoms with van der Waals surface area (Å²) in [6.07, 6.45) is 2.08. The predicted molar refractivity (Wildman–Crippen MR) is 96.9 cm³/mol. The van der Waals surface area contributed by atoms with Gasteiger partial charge in [0.2, 0.25) is 5.78 Å². The van der Waals surface area contributed by atoms with E-state index >= 15 is 0 Å². The maximum absolute atomic E-state index is 12.6. The molecule has 0 radical (unpaired) electrons. The van der Waals surface area contributed by atoms with Gasteiger partial charge in [0.25, 0.3) is 0 Å². The number of hydrogen-bond donors (Lipinski definition) is 0. The van der Waals surface area contributed by atoms with Crippen molar-refractivity contribution in [1.82, 2.24) is 9.13 Å². The maximum Gasteiger partial charge on any atom is 0.355 e. The van der Waals surface area contributed by atoms with E-state index in [1.807, 2.05) is 41.8 Å². The number of esters is 1. The van der Waals surface area contributed by atoms with E-state index in [9.17, 15) is 9.59 Å². The van der Waals surface area contributed by atoms with Gasteiger partial charge in [-0.25, -0.2) is 4.79 Å². The summed E-state index contributed by atoms with van der Waals surface area (Å²) in [7, 11) is 1.77. The molecule has 2 aromatic heterocycles. The molecular weight excluding hydrogens is 330 g/mol. The van der Waals surface area contributed by atoms with E-state index < -0.39 is 5.97 Å². The molecule has 6 heteroatoms. The van der Waals surface area contributed by atoms with Gasteiger partial charge in [0.05, 0.1) is 12.5 Å². The number of rotatable bonds is 6. The number of hydrogen-bond acceptors (Lipinski definition) is 4. The quantitative estimate of drug-likeness (QED) is 0.506. The average molecular weight is 349 g/mol. The summed E-state index contributed by atoms with van der Waals surface area (Å²) in [4.78, 5) is 24.8. The molecule has 0 aliphatic heterocycles. The monoisotopic (exact) mass is 349 g/mol. The lowest BCUT2D eigenvalue weighted by Gasteiger charge is -2.06. The molecule has 0 aliphatic carbocycles. The van der Waals surface area contributed by atoms with Gasteiger partial charge >= 0.3 is 5.97 Å². The van der Waals surface area contributed by atoms with Crippen molar-refractivity contribution in [1.29, 1.82) is 5.26 Å². The minimum Gasteiger partial charge on any atom is -0.453 e. The highest BCUT2D eigenvalue weighted by Gasteiger charge is 2.18. The molecule has 6 nitrogen and oxygen atoms in total. The van der Waals surface area contributed by atoms with E-state index in [4.69, 9.17) is 10.00 Å². The summed E-state index contributed by atoms with van der Waals surface area (Å²) in [5.41, 5.74) is 2.72. The summed E-state index contributed by atoms with van der Waals surface area (Å²) >= 11 is 0. The van der Waals surface area contributed by atoms with Gasteiger partial charge in [0.1, 0.15) is 5.69 Å². The van der Waals surface area contributed by atoms with Crippen LogP contribution in [0.1, 0.15) is 33.0 Å². The molecule has 3 rings (SSSR count). The topological polar surface area (TPSA) is 77.0 Å². The maximum atomic E-state index is 12.6. The zero-order chi connectivity index (χ0) is 18.7. The smallest absolute Gasteiger partial charge is 0.355 e. The fourth-order valence-corrected chi connectivity index (χ4v) is 2.93. The van der Waals surface area contributed by atoms with Crippen LogP contribution in [0.4, 0.5) is 0 Å². The average Bonchev–Trinajstić information content (AvgIpc) is 3.18. The zero-order valence-electron chi connectivity index (χ0n) is 14.7. The Labute approximate surface area is 151 Å². The summed E-state index contributed by atoms with van der Waals surface area (Å²) in [5.74, 6) is -0.793. The molecule has 3 aromatic rings. The highest BCUT2D eigenvalue weighted by atomic mass is 16.5. The number of aryl methyl sites for hydroxylation is 2. The Bertz CT molecular complexity index is 1020. The molecule has 132 valence electrons. The number of benzene rings is 1. The second-order valence-corrected chi connectivity index (χ2v) is 6.08. The molecule has 0 atom stereocenters. The number of carbonyl (C=O) groups is 2. The van der Waals surface area contributed by atoms with Crippen LogP contribution in [-0.4, -0.2) is 27.5 Å². The van der Waals surface area contributed by atoms with Gasteiger partial charge < -0.3 is 13.9 Å². The number of fused-ring (bicyclic) bond motifs is 1. The van der Waals surface area contributed by atoms with Crippen LogP contribution in [0.3, 0.4) is 0 Å². The van der Waals surface area contributed by atoms with Crippen LogP contribution in [-0.2, 0) is 18.3 Å². The van der Waals surface area contributed by atoms with Crippen molar-refractivity contribution in [2.24, 2.45) is 7.05 Å². The first-order valence-electron chi connectivity index (χ1n) is 8.30. The van der Waals surface area contributed by atoms with Crippen LogP contribution >= 0.6 is 0 Å². The largest absolute Gasteiger partial charge is 0.453 e. The van der Waals surface area contributed by atoms with Crippen LogP contribution in [0.15, 0.2) is 42.6 Å². The lowest BCUT2D eigenvalue weighted by atomic mass is 10.1. The molecule has 0 saturated heterocycles. The highest BCUT2D eigenvalue weighted by Crippen LogP contribution is 2.22. The third-order valence-corrected chi connectivity index (χ3v) is 4.47. The summed E-state index contributed by atoms with van der Waals surface area (Å²) < 4.78 is 8.81. The molecule has 1 aromatic carbocycles. The van der Waals surface area contributed by atoms with Crippen molar-refractivity contribution in [2.45, 2.75) is 19.9 Å². The number of nitriles is 1. The lowest BCUT2D eigenvalue weighted by Crippen LogP contribution is -2.16. The van der Waals surface area contributed by atoms with Gasteiger partial charge in [-0.05, 0) is 25.1 Å². The number of ether oxygens (including phenoxy) is 1. The molecule has 0 N–H and O–H groups in total. The minimum absolute atomic E-state index is 0.267. The third-order valence-electron chi connectivity index (χ3n) is 4.47. The van der Waals surface area contributed by atoms with Crippen molar-refractivity contribution in [2.75, 3.05) is 6.61 Å². The molecular formula is C20H19N3O3. The number of Topliss-reactive ketones (excluding diaryl/α,β-unsaturated/α-hetero) is 1. The standard InChI is InChI=1S/C20H19N3O3/c1-14-8-9-18(22(14)2)20(25)26-13-19(24)16-12-23(11-5-10-21)17-7-4-3-6-15(16)17/h3-4,6-9,12H,5,11,13H2,1-2H3. The first-order chi connectivity index (χ1) is 12.5. The number of ketones is 1. The number of nitrogens with zero attached hydrogens (tertiary/aromatic N) is 3. The van der Waals surface area contributed by atoms with E-state index in [0.29, 0.717) is 24.2 Å². The van der Waals surface area contributed by atoms with Crippen LogP contribution in [0, 0.1) is 18.3 Å². The molecule has 0 spiro atoms. The molecule has 0 saturated carbocycles. The Morgan fingerprint density at radius 1 is 1.19 bits per heavy atom. The molecule has 0 aliphatic rings. The van der Waals surface area contributed by atoms with Crippen molar-refractivity contribution in [3.05, 3.63) is 59.5 Å². The number of para-hydroxylation sites is 1. The molecule has 0 fully saturated rings. The normalized spacial score (nSPS) is 10.7. The van der Waals surface area contributed by atoms with E-state index in [1.54, 1.807) is 23.9 Å². The molecule has 2 heterocycles. The van der Waals surface area contributed by atoms with E-state index in [0.717, 1.165) is 16.6 Å². The van der Waals surface area contributed by atoms with Gasteiger partial charge in [-0.2, -0.15) is 5.26 Å². The third kappa shape index (κ3) is 3.24. The Morgan fingerprint density at radius 3 is 2.65 bits per heavy atom. The lowest BCUT2D eigenvalue weighted by molar-refractivity contribution is 0.0465. The van der Waals surface area contributed by atoms with Crippen LogP contribution in [0.25, 0.3) is 10.9 Å². The SMILES string of the molecule is Cc1ccc(C(=O)OCC(=O)c2cn(CCC#N)c3ccccc23)n1C. The van der Waals surface area contributed by atoms with Crippen LogP contribution < -0.4 is 0 Å². The Hall–Kier alpha value is -3.33. The van der Waals surface area contributed by atoms with Gasteiger partial charge in [-0.1, -0.05) is 18.2 Å². The first-order valence-corrected chi connectivity index (χ1v) is 8.30. The Morgan fingerprint density at radius 2 is 1.96 bits per heavy atom. The summed E-state index contributed by atoms with van der Waals surface area (Å²) in [5, 5.41) is 9.60. The Kier molecular flexibility index (Phi) is 4.90. The van der Waals surface area contributed by atoms with Crippen molar-refractivity contribution < 1.29 is 14.3 Å². The number of carbonyl (C=O) groups excluding carboxylic acids is 2. The fourth-order valence-electron chi connectivity index (χ4n) is 2.93. The van der Waals surface area contributed by atoms with E-state index in [1.165, 1.54) is 0 Å². The van der Waals surface area contributed by atoms with Crippen LogP contribution in [0.2, 0.25) is 0 Å². The van der Waals surface area contributed by atoms with Crippen molar-refractivity contribution >= 4 is 22.7 Å². The number of aromatic nitrogens is 2. The summed E-state index contributed by atoms with van der Waals surface area (Å²) in [6.45, 7) is 2.07. The fraction of sp³-hybridized carbons (Fsp3) is 0.250. The molecule has 0 bridgehead atoms. The van der Waals surface area contributed by atoms with Gasteiger partial charge in [0.15, 0.2) is 6.61 Å². The summed E-state index contributed by atoms with van der Waals surface area (Å²) in [6, 6.07) is 13.1. The molecule has 0 amide bonds. The molecule has 26 heavy (non-hydrogen) atoms. The van der Waals surface area contributed by atoms with E-state index in [-0.39, 0.29) is 12.4 Å². The first kappa shape index (κ1) is 17.5. The highest BCUT2D eigenvalue weighted by molar-refractivity contribution is 6.09. The van der Waals surface area contributed by atoms with Gasteiger partial charge in [0, 0.05) is 41.9 Å². The van der Waals surface area contributed by atoms with Crippen molar-refractivity contribution in [3.63, 3.8) is 0 Å². The Balaban J connectivity index is 1.79. The van der Waals surface area contributed by atoms with Gasteiger partial charge in [-0.3, -0.25) is 4.79 Å². The van der Waals surface area contributed by atoms with Crippen molar-refractivity contribution in [3.8, 4) is 6.07 Å². The van der Waals surface area contributed by atoms with Crippen LogP contribution in [0.5, 0.6) is 0 Å². The minimum atomic E-state index is -0.526. The predicted octanol–water partition coefficient (Wildman–Crippen LogP) is 3.24. The molecule has 0 unspecified atom stereocenters. The van der Waals surface area contributed by atoms with E-state index in [2.05, 4.69) is 6.07 Å². The zero-order valence-corrected chi connectivity index (χ0v) is 14.7. The van der Waals surface area contributed by atoms with Gasteiger partial charge in [-0.15, -0.1) is 0 Å². The second kappa shape index (κ2) is 7.28. The second-order valence-electron chi connectivity index (χ2n) is 6.08.